The number of hydrogen-bond acceptors (Lipinski definition) is 4. The largest absolute Gasteiger partial charge is 0.466 e. The maximum Gasteiger partial charge on any atom is 0.311 e. The summed E-state index contributed by atoms with van der Waals surface area (Å²) in [6.07, 6.45) is 21.2. The summed E-state index contributed by atoms with van der Waals surface area (Å²) in [6.45, 7) is 4.86. The van der Waals surface area contributed by atoms with E-state index in [1.54, 1.807) is 0 Å². The van der Waals surface area contributed by atoms with Crippen molar-refractivity contribution >= 4 is 11.9 Å². The third-order valence-corrected chi connectivity index (χ3v) is 6.24. The van der Waals surface area contributed by atoms with Gasteiger partial charge in [-0.05, 0) is 30.9 Å². The van der Waals surface area contributed by atoms with Gasteiger partial charge in [0.05, 0.1) is 6.61 Å². The molecule has 0 spiro atoms. The van der Waals surface area contributed by atoms with Crippen LogP contribution in [0.2, 0.25) is 0 Å². The van der Waals surface area contributed by atoms with Crippen LogP contribution in [0.1, 0.15) is 135 Å². The summed E-state index contributed by atoms with van der Waals surface area (Å²) in [5, 5.41) is 0. The molecular weight excluding hydrogens is 424 g/mol. The molecule has 1 rings (SSSR count). The molecule has 0 saturated heterocycles. The lowest BCUT2D eigenvalue weighted by molar-refractivity contribution is -0.144. The minimum absolute atomic E-state index is 0.214. The summed E-state index contributed by atoms with van der Waals surface area (Å²) in [4.78, 5) is 24.0. The molecule has 194 valence electrons. The summed E-state index contributed by atoms with van der Waals surface area (Å²) in [6, 6.07) is 7.64. The predicted octanol–water partition coefficient (Wildman–Crippen LogP) is 8.74. The number of carbonyl (C=O) groups is 2. The van der Waals surface area contributed by atoms with Crippen molar-refractivity contribution in [3.05, 3.63) is 29.8 Å². The SMILES string of the molecule is CCCCCCCCCCCCCCCCOC(=O)CCCC(=O)Oc1ccccc1CCC. The van der Waals surface area contributed by atoms with Gasteiger partial charge in [-0.15, -0.1) is 0 Å². The normalized spacial score (nSPS) is 10.9. The summed E-state index contributed by atoms with van der Waals surface area (Å²) in [5.41, 5.74) is 1.05. The van der Waals surface area contributed by atoms with Gasteiger partial charge in [0, 0.05) is 12.8 Å². The lowest BCUT2D eigenvalue weighted by atomic mass is 10.0. The summed E-state index contributed by atoms with van der Waals surface area (Å²) in [7, 11) is 0. The van der Waals surface area contributed by atoms with Gasteiger partial charge in [-0.1, -0.05) is 122 Å². The van der Waals surface area contributed by atoms with Crippen LogP contribution >= 0.6 is 0 Å². The zero-order valence-electron chi connectivity index (χ0n) is 22.1. The number of benzene rings is 1. The highest BCUT2D eigenvalue weighted by Crippen LogP contribution is 2.20. The van der Waals surface area contributed by atoms with Crippen molar-refractivity contribution in [3.63, 3.8) is 0 Å². The van der Waals surface area contributed by atoms with E-state index < -0.39 is 0 Å². The summed E-state index contributed by atoms with van der Waals surface area (Å²) >= 11 is 0. The van der Waals surface area contributed by atoms with Gasteiger partial charge < -0.3 is 9.47 Å². The average Bonchev–Trinajstić information content (AvgIpc) is 2.83. The highest BCUT2D eigenvalue weighted by Gasteiger charge is 2.10. The Morgan fingerprint density at radius 1 is 0.618 bits per heavy atom. The first-order valence-corrected chi connectivity index (χ1v) is 14.1. The van der Waals surface area contributed by atoms with Gasteiger partial charge in [-0.3, -0.25) is 9.59 Å². The Bertz CT molecular complexity index is 640. The van der Waals surface area contributed by atoms with Crippen molar-refractivity contribution < 1.29 is 19.1 Å². The van der Waals surface area contributed by atoms with Crippen molar-refractivity contribution in [1.29, 1.82) is 0 Å². The molecule has 0 aliphatic carbocycles. The molecule has 4 nitrogen and oxygen atoms in total. The van der Waals surface area contributed by atoms with Gasteiger partial charge in [0.2, 0.25) is 0 Å². The quantitative estimate of drug-likeness (QED) is 0.0957. The van der Waals surface area contributed by atoms with E-state index in [2.05, 4.69) is 13.8 Å². The number of rotatable bonds is 22. The van der Waals surface area contributed by atoms with Crippen LogP contribution in [0.4, 0.5) is 0 Å². The highest BCUT2D eigenvalue weighted by atomic mass is 16.5. The maximum atomic E-state index is 12.1. The topological polar surface area (TPSA) is 52.6 Å². The van der Waals surface area contributed by atoms with E-state index in [-0.39, 0.29) is 24.8 Å². The van der Waals surface area contributed by atoms with Crippen LogP contribution in [0.25, 0.3) is 0 Å². The zero-order chi connectivity index (χ0) is 24.7. The molecule has 1 aromatic rings. The molecule has 0 aliphatic rings. The number of unbranched alkanes of at least 4 members (excludes halogenated alkanes) is 13. The second-order valence-corrected chi connectivity index (χ2v) is 9.50. The van der Waals surface area contributed by atoms with E-state index in [9.17, 15) is 9.59 Å². The Morgan fingerprint density at radius 2 is 1.15 bits per heavy atom. The minimum atomic E-state index is -0.289. The fourth-order valence-corrected chi connectivity index (χ4v) is 4.18. The number of para-hydroxylation sites is 1. The third kappa shape index (κ3) is 16.7. The molecule has 34 heavy (non-hydrogen) atoms. The molecule has 0 saturated carbocycles. The lowest BCUT2D eigenvalue weighted by Crippen LogP contribution is -2.11. The van der Waals surface area contributed by atoms with Gasteiger partial charge in [0.1, 0.15) is 5.75 Å². The third-order valence-electron chi connectivity index (χ3n) is 6.24. The Kier molecular flexibility index (Phi) is 19.2. The van der Waals surface area contributed by atoms with Crippen molar-refractivity contribution in [1.82, 2.24) is 0 Å². The predicted molar refractivity (Wildman–Crippen MR) is 141 cm³/mol. The number of carbonyl (C=O) groups excluding carboxylic acids is 2. The van der Waals surface area contributed by atoms with Crippen molar-refractivity contribution in [2.24, 2.45) is 0 Å². The van der Waals surface area contributed by atoms with E-state index in [0.717, 1.165) is 31.2 Å². The molecule has 0 heterocycles. The number of aryl methyl sites for hydroxylation is 1. The monoisotopic (exact) mass is 474 g/mol. The fourth-order valence-electron chi connectivity index (χ4n) is 4.18. The van der Waals surface area contributed by atoms with E-state index in [1.807, 2.05) is 24.3 Å². The van der Waals surface area contributed by atoms with Gasteiger partial charge in [0.25, 0.3) is 0 Å². The molecule has 1 aromatic carbocycles. The maximum absolute atomic E-state index is 12.1. The molecule has 0 N–H and O–H groups in total. The summed E-state index contributed by atoms with van der Waals surface area (Å²) in [5.74, 6) is 0.131. The molecule has 0 fully saturated rings. The molecule has 0 unspecified atom stereocenters. The molecule has 4 heteroatoms. The van der Waals surface area contributed by atoms with Crippen LogP contribution in [0.15, 0.2) is 24.3 Å². The van der Waals surface area contributed by atoms with Crippen LogP contribution in [0, 0.1) is 0 Å². The molecule has 0 radical (unpaired) electrons. The van der Waals surface area contributed by atoms with Gasteiger partial charge >= 0.3 is 11.9 Å². The minimum Gasteiger partial charge on any atom is -0.466 e. The smallest absolute Gasteiger partial charge is 0.311 e. The number of esters is 2. The average molecular weight is 475 g/mol. The van der Waals surface area contributed by atoms with Crippen molar-refractivity contribution in [3.8, 4) is 5.75 Å². The van der Waals surface area contributed by atoms with E-state index >= 15 is 0 Å². The Hall–Kier alpha value is -1.84. The van der Waals surface area contributed by atoms with Gasteiger partial charge in [-0.2, -0.15) is 0 Å². The standard InChI is InChI=1S/C30H50O4/c1-3-5-6-7-8-9-10-11-12-13-14-15-16-19-26-33-29(31)24-20-25-30(32)34-28-23-18-17-22-27(28)21-4-2/h17-18,22-23H,3-16,19-21,24-26H2,1-2H3. The number of ether oxygens (including phenoxy) is 2. The van der Waals surface area contributed by atoms with Gasteiger partial charge in [0.15, 0.2) is 0 Å². The second kappa shape index (κ2) is 21.7. The molecule has 0 amide bonds. The van der Waals surface area contributed by atoms with Crippen molar-refractivity contribution in [2.75, 3.05) is 6.61 Å². The van der Waals surface area contributed by atoms with Crippen LogP contribution in [-0.4, -0.2) is 18.5 Å². The first kappa shape index (κ1) is 30.2. The molecular formula is C30H50O4. The molecule has 0 atom stereocenters. The van der Waals surface area contributed by atoms with E-state index in [0.29, 0.717) is 18.8 Å². The van der Waals surface area contributed by atoms with Crippen LogP contribution in [0.3, 0.4) is 0 Å². The van der Waals surface area contributed by atoms with Crippen LogP contribution in [-0.2, 0) is 20.7 Å². The Balaban J connectivity index is 1.91. The first-order valence-electron chi connectivity index (χ1n) is 14.1. The highest BCUT2D eigenvalue weighted by molar-refractivity contribution is 5.74. The van der Waals surface area contributed by atoms with Crippen LogP contribution < -0.4 is 4.74 Å². The Labute approximate surface area is 209 Å². The fraction of sp³-hybridized carbons (Fsp3) is 0.733. The summed E-state index contributed by atoms with van der Waals surface area (Å²) < 4.78 is 10.8. The van der Waals surface area contributed by atoms with E-state index in [4.69, 9.17) is 9.47 Å². The Morgan fingerprint density at radius 3 is 1.74 bits per heavy atom. The number of hydrogen-bond donors (Lipinski definition) is 0. The van der Waals surface area contributed by atoms with Crippen molar-refractivity contribution in [2.45, 2.75) is 136 Å². The molecule has 0 aliphatic heterocycles. The molecule has 0 aromatic heterocycles. The first-order chi connectivity index (χ1) is 16.7. The second-order valence-electron chi connectivity index (χ2n) is 9.50. The molecule has 0 bridgehead atoms. The zero-order valence-corrected chi connectivity index (χ0v) is 22.1. The van der Waals surface area contributed by atoms with Crippen LogP contribution in [0.5, 0.6) is 5.75 Å². The van der Waals surface area contributed by atoms with Gasteiger partial charge in [-0.25, -0.2) is 0 Å². The van der Waals surface area contributed by atoms with E-state index in [1.165, 1.54) is 77.0 Å². The lowest BCUT2D eigenvalue weighted by Gasteiger charge is -2.09.